The highest BCUT2D eigenvalue weighted by Crippen LogP contribution is 2.39. The maximum absolute atomic E-state index is 6.04. The van der Waals surface area contributed by atoms with Crippen LogP contribution in [0, 0.1) is 0 Å². The summed E-state index contributed by atoms with van der Waals surface area (Å²) in [7, 11) is 3.40. The van der Waals surface area contributed by atoms with Crippen molar-refractivity contribution in [3.05, 3.63) is 65.2 Å². The Morgan fingerprint density at radius 1 is 1.08 bits per heavy atom. The summed E-state index contributed by atoms with van der Waals surface area (Å²) in [5, 5.41) is 0. The minimum absolute atomic E-state index is 0.0609. The average Bonchev–Trinajstić information content (AvgIpc) is 3.04. The summed E-state index contributed by atoms with van der Waals surface area (Å²) in [6.07, 6.45) is 2.81. The molecule has 0 radical (unpaired) electrons. The first-order valence-electron chi connectivity index (χ1n) is 8.25. The monoisotopic (exact) mass is 324 g/mol. The Labute approximate surface area is 143 Å². The molecule has 1 aliphatic rings. The SMILES string of the molecule is C=C(C)C1Cc2c(OC)cc(CCc3ccc(OC)cc3)cc2O1. The van der Waals surface area contributed by atoms with Crippen LogP contribution in [0.3, 0.4) is 0 Å². The van der Waals surface area contributed by atoms with Gasteiger partial charge < -0.3 is 14.2 Å². The van der Waals surface area contributed by atoms with Gasteiger partial charge in [0.2, 0.25) is 0 Å². The lowest BCUT2D eigenvalue weighted by molar-refractivity contribution is 0.271. The molecule has 0 fully saturated rings. The number of hydrogen-bond acceptors (Lipinski definition) is 3. The Morgan fingerprint density at radius 3 is 2.42 bits per heavy atom. The number of hydrogen-bond donors (Lipinski definition) is 0. The smallest absolute Gasteiger partial charge is 0.127 e. The Hall–Kier alpha value is -2.42. The lowest BCUT2D eigenvalue weighted by Crippen LogP contribution is -2.13. The molecule has 24 heavy (non-hydrogen) atoms. The van der Waals surface area contributed by atoms with Crippen molar-refractivity contribution < 1.29 is 14.2 Å². The van der Waals surface area contributed by atoms with Crippen molar-refractivity contribution in [1.82, 2.24) is 0 Å². The zero-order valence-electron chi connectivity index (χ0n) is 14.6. The molecule has 0 spiro atoms. The van der Waals surface area contributed by atoms with Gasteiger partial charge in [0.05, 0.1) is 14.2 Å². The third-order valence-corrected chi connectivity index (χ3v) is 4.52. The van der Waals surface area contributed by atoms with E-state index in [2.05, 4.69) is 30.8 Å². The molecule has 3 nitrogen and oxygen atoms in total. The van der Waals surface area contributed by atoms with Crippen LogP contribution in [-0.2, 0) is 19.3 Å². The first-order valence-corrected chi connectivity index (χ1v) is 8.25. The van der Waals surface area contributed by atoms with Crippen LogP contribution in [0.25, 0.3) is 0 Å². The van der Waals surface area contributed by atoms with Crippen LogP contribution in [0.4, 0.5) is 0 Å². The second kappa shape index (κ2) is 7.00. The number of benzene rings is 2. The molecule has 0 aliphatic carbocycles. The molecule has 3 rings (SSSR count). The Morgan fingerprint density at radius 2 is 1.79 bits per heavy atom. The second-order valence-corrected chi connectivity index (χ2v) is 6.28. The van der Waals surface area contributed by atoms with Crippen molar-refractivity contribution in [1.29, 1.82) is 0 Å². The Kier molecular flexibility index (Phi) is 4.79. The molecule has 0 amide bonds. The zero-order chi connectivity index (χ0) is 17.1. The predicted molar refractivity (Wildman–Crippen MR) is 96.3 cm³/mol. The van der Waals surface area contributed by atoms with E-state index in [0.29, 0.717) is 0 Å². The van der Waals surface area contributed by atoms with E-state index in [0.717, 1.165) is 47.6 Å². The van der Waals surface area contributed by atoms with Crippen LogP contribution in [-0.4, -0.2) is 20.3 Å². The van der Waals surface area contributed by atoms with Crippen LogP contribution in [0.2, 0.25) is 0 Å². The summed E-state index contributed by atoms with van der Waals surface area (Å²) in [5.41, 5.74) is 4.71. The van der Waals surface area contributed by atoms with Crippen molar-refractivity contribution in [2.45, 2.75) is 32.3 Å². The quantitative estimate of drug-likeness (QED) is 0.739. The maximum atomic E-state index is 6.04. The van der Waals surface area contributed by atoms with Crippen molar-refractivity contribution in [3.63, 3.8) is 0 Å². The van der Waals surface area contributed by atoms with Gasteiger partial charge in [-0.05, 0) is 60.7 Å². The third kappa shape index (κ3) is 3.40. The van der Waals surface area contributed by atoms with Crippen molar-refractivity contribution in [3.8, 4) is 17.2 Å². The van der Waals surface area contributed by atoms with Gasteiger partial charge in [0, 0.05) is 12.0 Å². The summed E-state index contributed by atoms with van der Waals surface area (Å²) in [5.74, 6) is 2.74. The van der Waals surface area contributed by atoms with Crippen molar-refractivity contribution >= 4 is 0 Å². The highest BCUT2D eigenvalue weighted by Gasteiger charge is 2.27. The molecule has 2 aromatic rings. The number of methoxy groups -OCH3 is 2. The van der Waals surface area contributed by atoms with Gasteiger partial charge in [-0.15, -0.1) is 0 Å². The number of rotatable bonds is 6. The molecule has 0 bridgehead atoms. The lowest BCUT2D eigenvalue weighted by Gasteiger charge is -2.11. The van der Waals surface area contributed by atoms with Gasteiger partial charge in [0.15, 0.2) is 0 Å². The van der Waals surface area contributed by atoms with Crippen LogP contribution < -0.4 is 14.2 Å². The first-order chi connectivity index (χ1) is 11.6. The third-order valence-electron chi connectivity index (χ3n) is 4.52. The van der Waals surface area contributed by atoms with Gasteiger partial charge in [-0.25, -0.2) is 0 Å². The molecule has 1 heterocycles. The van der Waals surface area contributed by atoms with Gasteiger partial charge in [0.25, 0.3) is 0 Å². The van der Waals surface area contributed by atoms with Crippen LogP contribution in [0.5, 0.6) is 17.2 Å². The van der Waals surface area contributed by atoms with Gasteiger partial charge in [-0.2, -0.15) is 0 Å². The highest BCUT2D eigenvalue weighted by atomic mass is 16.5. The van der Waals surface area contributed by atoms with E-state index >= 15 is 0 Å². The Balaban J connectivity index is 1.75. The average molecular weight is 324 g/mol. The molecule has 0 aromatic heterocycles. The van der Waals surface area contributed by atoms with Gasteiger partial charge >= 0.3 is 0 Å². The van der Waals surface area contributed by atoms with Crippen molar-refractivity contribution in [2.75, 3.05) is 14.2 Å². The molecule has 126 valence electrons. The van der Waals surface area contributed by atoms with E-state index in [1.165, 1.54) is 11.1 Å². The molecule has 1 unspecified atom stereocenters. The molecular weight excluding hydrogens is 300 g/mol. The minimum atomic E-state index is 0.0609. The molecule has 3 heteroatoms. The topological polar surface area (TPSA) is 27.7 Å². The minimum Gasteiger partial charge on any atom is -0.497 e. The maximum Gasteiger partial charge on any atom is 0.127 e. The molecule has 1 aliphatic heterocycles. The summed E-state index contributed by atoms with van der Waals surface area (Å²) in [6.45, 7) is 6.02. The predicted octanol–water partition coefficient (Wildman–Crippen LogP) is 4.37. The second-order valence-electron chi connectivity index (χ2n) is 6.28. The fraction of sp³-hybridized carbons (Fsp3) is 0.333. The Bertz CT molecular complexity index is 731. The molecule has 1 atom stereocenters. The molecule has 2 aromatic carbocycles. The zero-order valence-corrected chi connectivity index (χ0v) is 14.6. The molecule has 0 saturated heterocycles. The fourth-order valence-corrected chi connectivity index (χ4v) is 3.04. The number of fused-ring (bicyclic) bond motifs is 1. The van der Waals surface area contributed by atoms with E-state index < -0.39 is 0 Å². The van der Waals surface area contributed by atoms with E-state index in [-0.39, 0.29) is 6.10 Å². The van der Waals surface area contributed by atoms with E-state index in [4.69, 9.17) is 14.2 Å². The van der Waals surface area contributed by atoms with Crippen LogP contribution >= 0.6 is 0 Å². The summed E-state index contributed by atoms with van der Waals surface area (Å²) in [6, 6.07) is 12.5. The lowest BCUT2D eigenvalue weighted by atomic mass is 10.00. The standard InChI is InChI=1S/C21H24O3/c1-14(2)19-13-18-20(23-4)11-16(12-21(18)24-19)6-5-15-7-9-17(22-3)10-8-15/h7-12,19H,1,5-6,13H2,2-4H3. The number of ether oxygens (including phenoxy) is 3. The summed E-state index contributed by atoms with van der Waals surface area (Å²) in [4.78, 5) is 0. The summed E-state index contributed by atoms with van der Waals surface area (Å²) < 4.78 is 16.8. The number of aryl methyl sites for hydroxylation is 2. The van der Waals surface area contributed by atoms with Gasteiger partial charge in [0.1, 0.15) is 23.4 Å². The van der Waals surface area contributed by atoms with E-state index in [1.807, 2.05) is 19.1 Å². The van der Waals surface area contributed by atoms with Crippen LogP contribution in [0.15, 0.2) is 48.6 Å². The largest absolute Gasteiger partial charge is 0.497 e. The molecule has 0 saturated carbocycles. The molecular formula is C21H24O3. The van der Waals surface area contributed by atoms with E-state index in [9.17, 15) is 0 Å². The van der Waals surface area contributed by atoms with Gasteiger partial charge in [-0.3, -0.25) is 0 Å². The normalized spacial score (nSPS) is 15.5. The van der Waals surface area contributed by atoms with Crippen molar-refractivity contribution in [2.24, 2.45) is 0 Å². The highest BCUT2D eigenvalue weighted by molar-refractivity contribution is 5.51. The van der Waals surface area contributed by atoms with Crippen LogP contribution in [0.1, 0.15) is 23.6 Å². The summed E-state index contributed by atoms with van der Waals surface area (Å²) >= 11 is 0. The van der Waals surface area contributed by atoms with E-state index in [1.54, 1.807) is 14.2 Å². The van der Waals surface area contributed by atoms with Gasteiger partial charge in [-0.1, -0.05) is 18.7 Å². The first kappa shape index (κ1) is 16.4. The fourth-order valence-electron chi connectivity index (χ4n) is 3.04. The molecule has 0 N–H and O–H groups in total.